The summed E-state index contributed by atoms with van der Waals surface area (Å²) >= 11 is 4.00. The van der Waals surface area contributed by atoms with Crippen LogP contribution in [0.3, 0.4) is 0 Å². The van der Waals surface area contributed by atoms with Crippen molar-refractivity contribution in [2.45, 2.75) is 19.9 Å². The molecule has 0 aliphatic heterocycles. The summed E-state index contributed by atoms with van der Waals surface area (Å²) in [5.41, 5.74) is 1.08. The summed E-state index contributed by atoms with van der Waals surface area (Å²) < 4.78 is 5.12. The van der Waals surface area contributed by atoms with E-state index in [9.17, 15) is 9.59 Å². The summed E-state index contributed by atoms with van der Waals surface area (Å²) in [6.07, 6.45) is 0. The van der Waals surface area contributed by atoms with Crippen molar-refractivity contribution < 1.29 is 14.3 Å². The van der Waals surface area contributed by atoms with E-state index in [0.29, 0.717) is 5.75 Å². The predicted octanol–water partition coefficient (Wildman–Crippen LogP) is 1.33. The molecule has 1 unspecified atom stereocenters. The Balaban J connectivity index is 2.63. The van der Waals surface area contributed by atoms with Crippen LogP contribution < -0.4 is 10.1 Å². The Hall–Kier alpha value is -1.49. The molecule has 0 aliphatic carbocycles. The summed E-state index contributed by atoms with van der Waals surface area (Å²) in [6, 6.07) is 6.37. The molecule has 0 saturated carbocycles. The standard InChI is InChI=1S/C12H15NO3S/c1-8-3-5-10(6-4-8)16-12(15)11(7-17)13-9(2)14/h3-6,11,17H,7H2,1-2H3,(H,13,14). The van der Waals surface area contributed by atoms with Gasteiger partial charge in [0.05, 0.1) is 0 Å². The SMILES string of the molecule is CC(=O)NC(CS)C(=O)Oc1ccc(C)cc1. The first kappa shape index (κ1) is 13.6. The van der Waals surface area contributed by atoms with Crippen LogP contribution in [-0.4, -0.2) is 23.7 Å². The van der Waals surface area contributed by atoms with Gasteiger partial charge in [0.15, 0.2) is 0 Å². The maximum Gasteiger partial charge on any atom is 0.334 e. The van der Waals surface area contributed by atoms with E-state index >= 15 is 0 Å². The van der Waals surface area contributed by atoms with Gasteiger partial charge in [0.1, 0.15) is 11.8 Å². The van der Waals surface area contributed by atoms with Crippen molar-refractivity contribution in [3.05, 3.63) is 29.8 Å². The quantitative estimate of drug-likeness (QED) is 0.483. The van der Waals surface area contributed by atoms with Gasteiger partial charge in [0, 0.05) is 12.7 Å². The first-order valence-corrected chi connectivity index (χ1v) is 5.82. The number of thiol groups is 1. The molecule has 1 aromatic carbocycles. The van der Waals surface area contributed by atoms with Gasteiger partial charge in [-0.05, 0) is 19.1 Å². The molecule has 0 aromatic heterocycles. The van der Waals surface area contributed by atoms with Crippen LogP contribution >= 0.6 is 12.6 Å². The molecule has 1 atom stereocenters. The average Bonchev–Trinajstić information content (AvgIpc) is 2.28. The second kappa shape index (κ2) is 6.30. The van der Waals surface area contributed by atoms with Gasteiger partial charge in [-0.1, -0.05) is 17.7 Å². The summed E-state index contributed by atoms with van der Waals surface area (Å²) in [5, 5.41) is 2.47. The molecule has 1 N–H and O–H groups in total. The molecule has 92 valence electrons. The molecule has 0 radical (unpaired) electrons. The van der Waals surface area contributed by atoms with Gasteiger partial charge in [0.2, 0.25) is 5.91 Å². The summed E-state index contributed by atoms with van der Waals surface area (Å²) in [7, 11) is 0. The molecule has 0 bridgehead atoms. The fourth-order valence-corrected chi connectivity index (χ4v) is 1.46. The van der Waals surface area contributed by atoms with Crippen LogP contribution in [0, 0.1) is 6.92 Å². The Morgan fingerprint density at radius 3 is 2.41 bits per heavy atom. The molecule has 0 fully saturated rings. The summed E-state index contributed by atoms with van der Waals surface area (Å²) in [5.74, 6) is -0.147. The third-order valence-electron chi connectivity index (χ3n) is 2.08. The minimum atomic E-state index is -0.725. The molecule has 0 saturated heterocycles. The Bertz CT molecular complexity index is 403. The minimum Gasteiger partial charge on any atom is -0.425 e. The van der Waals surface area contributed by atoms with Crippen molar-refractivity contribution in [1.82, 2.24) is 5.32 Å². The van der Waals surface area contributed by atoms with E-state index in [0.717, 1.165) is 5.56 Å². The Labute approximate surface area is 106 Å². The molecule has 1 rings (SSSR count). The van der Waals surface area contributed by atoms with Gasteiger partial charge < -0.3 is 10.1 Å². The van der Waals surface area contributed by atoms with E-state index in [1.54, 1.807) is 12.1 Å². The monoisotopic (exact) mass is 253 g/mol. The van der Waals surface area contributed by atoms with Crippen LogP contribution in [0.4, 0.5) is 0 Å². The second-order valence-electron chi connectivity index (χ2n) is 3.67. The van der Waals surface area contributed by atoms with E-state index < -0.39 is 12.0 Å². The van der Waals surface area contributed by atoms with Gasteiger partial charge in [-0.2, -0.15) is 12.6 Å². The Kier molecular flexibility index (Phi) is 5.03. The number of aryl methyl sites for hydroxylation is 1. The number of nitrogens with one attached hydrogen (secondary N) is 1. The molecule has 5 heteroatoms. The number of rotatable bonds is 4. The molecule has 1 aromatic rings. The first-order valence-electron chi connectivity index (χ1n) is 5.19. The lowest BCUT2D eigenvalue weighted by molar-refractivity contribution is -0.138. The summed E-state index contributed by atoms with van der Waals surface area (Å²) in [4.78, 5) is 22.5. The van der Waals surface area contributed by atoms with Crippen LogP contribution in [0.15, 0.2) is 24.3 Å². The van der Waals surface area contributed by atoms with Gasteiger partial charge in [0.25, 0.3) is 0 Å². The third-order valence-corrected chi connectivity index (χ3v) is 2.45. The van der Waals surface area contributed by atoms with E-state index in [2.05, 4.69) is 17.9 Å². The number of ether oxygens (including phenoxy) is 1. The first-order chi connectivity index (χ1) is 8.02. The van der Waals surface area contributed by atoms with E-state index in [4.69, 9.17) is 4.74 Å². The molecule has 0 aliphatic rings. The number of hydrogen-bond acceptors (Lipinski definition) is 4. The number of hydrogen-bond donors (Lipinski definition) is 2. The van der Waals surface area contributed by atoms with Crippen LogP contribution in [0.2, 0.25) is 0 Å². The molecular weight excluding hydrogens is 238 g/mol. The van der Waals surface area contributed by atoms with Crippen LogP contribution in [0.1, 0.15) is 12.5 Å². The number of esters is 1. The average molecular weight is 253 g/mol. The highest BCUT2D eigenvalue weighted by Crippen LogP contribution is 2.12. The number of benzene rings is 1. The Morgan fingerprint density at radius 1 is 1.35 bits per heavy atom. The summed E-state index contributed by atoms with van der Waals surface area (Å²) in [6.45, 7) is 3.29. The lowest BCUT2D eigenvalue weighted by Gasteiger charge is -2.14. The van der Waals surface area contributed by atoms with Crippen molar-refractivity contribution >= 4 is 24.5 Å². The van der Waals surface area contributed by atoms with E-state index in [-0.39, 0.29) is 11.7 Å². The predicted molar refractivity (Wildman–Crippen MR) is 68.3 cm³/mol. The maximum absolute atomic E-state index is 11.7. The second-order valence-corrected chi connectivity index (χ2v) is 4.03. The largest absolute Gasteiger partial charge is 0.425 e. The maximum atomic E-state index is 11.7. The lowest BCUT2D eigenvalue weighted by Crippen LogP contribution is -2.43. The van der Waals surface area contributed by atoms with Crippen molar-refractivity contribution in [1.29, 1.82) is 0 Å². The van der Waals surface area contributed by atoms with Gasteiger partial charge in [-0.3, -0.25) is 4.79 Å². The Morgan fingerprint density at radius 2 is 1.94 bits per heavy atom. The van der Waals surface area contributed by atoms with Crippen molar-refractivity contribution in [3.8, 4) is 5.75 Å². The number of carbonyl (C=O) groups excluding carboxylic acids is 2. The third kappa shape index (κ3) is 4.48. The molecular formula is C12H15NO3S. The fourth-order valence-electron chi connectivity index (χ4n) is 1.22. The topological polar surface area (TPSA) is 55.4 Å². The lowest BCUT2D eigenvalue weighted by atomic mass is 10.2. The highest BCUT2D eigenvalue weighted by atomic mass is 32.1. The number of carbonyl (C=O) groups is 2. The van der Waals surface area contributed by atoms with Crippen molar-refractivity contribution in [3.63, 3.8) is 0 Å². The zero-order valence-corrected chi connectivity index (χ0v) is 10.7. The molecule has 17 heavy (non-hydrogen) atoms. The fraction of sp³-hybridized carbons (Fsp3) is 0.333. The van der Waals surface area contributed by atoms with E-state index in [1.807, 2.05) is 19.1 Å². The van der Waals surface area contributed by atoms with Gasteiger partial charge in [-0.25, -0.2) is 4.79 Å². The molecule has 4 nitrogen and oxygen atoms in total. The van der Waals surface area contributed by atoms with Crippen LogP contribution in [-0.2, 0) is 9.59 Å². The van der Waals surface area contributed by atoms with Gasteiger partial charge in [-0.15, -0.1) is 0 Å². The van der Waals surface area contributed by atoms with Crippen molar-refractivity contribution in [2.75, 3.05) is 5.75 Å². The van der Waals surface area contributed by atoms with Crippen molar-refractivity contribution in [2.24, 2.45) is 0 Å². The normalized spacial score (nSPS) is 11.7. The highest BCUT2D eigenvalue weighted by Gasteiger charge is 2.19. The zero-order valence-electron chi connectivity index (χ0n) is 9.77. The van der Waals surface area contributed by atoms with Crippen LogP contribution in [0.25, 0.3) is 0 Å². The van der Waals surface area contributed by atoms with Crippen LogP contribution in [0.5, 0.6) is 5.75 Å². The molecule has 0 spiro atoms. The minimum absolute atomic E-state index is 0.199. The smallest absolute Gasteiger partial charge is 0.334 e. The molecule has 1 amide bonds. The highest BCUT2D eigenvalue weighted by molar-refractivity contribution is 7.80. The zero-order chi connectivity index (χ0) is 12.8. The van der Waals surface area contributed by atoms with E-state index in [1.165, 1.54) is 6.92 Å². The van der Waals surface area contributed by atoms with Gasteiger partial charge >= 0.3 is 5.97 Å². The number of amides is 1. The molecule has 0 heterocycles.